The fourth-order valence-corrected chi connectivity index (χ4v) is 2.08. The van der Waals surface area contributed by atoms with Gasteiger partial charge in [0.1, 0.15) is 5.69 Å². The van der Waals surface area contributed by atoms with Crippen LogP contribution in [0.1, 0.15) is 41.5 Å². The second kappa shape index (κ2) is 8.13. The predicted molar refractivity (Wildman–Crippen MR) is 87.8 cm³/mol. The molecule has 0 radical (unpaired) electrons. The monoisotopic (exact) mass is 347 g/mol. The summed E-state index contributed by atoms with van der Waals surface area (Å²) >= 11 is 0. The number of pyridine rings is 1. The van der Waals surface area contributed by atoms with Gasteiger partial charge in [0, 0.05) is 24.9 Å². The molecule has 2 heterocycles. The van der Waals surface area contributed by atoms with E-state index >= 15 is 0 Å². The standard InChI is InChI=1S/C16H18FN5O3/c1-9-6-12(7-19-15(9)25-8-17)10(2)20-14(24)13-4-5-18-16(22-13)21-11(3)23/h4-7,10H,8H2,1-3H3,(H,20,24)(H,18,21,22,23). The highest BCUT2D eigenvalue weighted by Gasteiger charge is 2.15. The third-order valence-electron chi connectivity index (χ3n) is 3.27. The smallest absolute Gasteiger partial charge is 0.270 e. The second-order valence-electron chi connectivity index (χ2n) is 5.29. The zero-order valence-corrected chi connectivity index (χ0v) is 14.0. The summed E-state index contributed by atoms with van der Waals surface area (Å²) in [6.07, 6.45) is 2.89. The van der Waals surface area contributed by atoms with Crippen LogP contribution in [0, 0.1) is 6.92 Å². The summed E-state index contributed by atoms with van der Waals surface area (Å²) in [5, 5.41) is 5.19. The lowest BCUT2D eigenvalue weighted by atomic mass is 10.1. The molecule has 25 heavy (non-hydrogen) atoms. The molecule has 1 atom stereocenters. The Hall–Kier alpha value is -3.10. The third-order valence-corrected chi connectivity index (χ3v) is 3.27. The summed E-state index contributed by atoms with van der Waals surface area (Å²) in [4.78, 5) is 35.2. The molecule has 0 fully saturated rings. The lowest BCUT2D eigenvalue weighted by Gasteiger charge is -2.15. The molecule has 1 unspecified atom stereocenters. The lowest BCUT2D eigenvalue weighted by Crippen LogP contribution is -2.28. The van der Waals surface area contributed by atoms with Crippen molar-refractivity contribution in [1.29, 1.82) is 0 Å². The van der Waals surface area contributed by atoms with E-state index in [9.17, 15) is 14.0 Å². The molecule has 9 heteroatoms. The Morgan fingerprint density at radius 1 is 1.36 bits per heavy atom. The third kappa shape index (κ3) is 4.93. The Bertz CT molecular complexity index is 784. The minimum Gasteiger partial charge on any atom is -0.446 e. The van der Waals surface area contributed by atoms with Gasteiger partial charge in [0.15, 0.2) is 0 Å². The molecular formula is C16H18FN5O3. The number of aryl methyl sites for hydroxylation is 1. The number of amides is 2. The van der Waals surface area contributed by atoms with Crippen LogP contribution in [0.25, 0.3) is 0 Å². The normalized spacial score (nSPS) is 11.5. The SMILES string of the molecule is CC(=O)Nc1nccc(C(=O)NC(C)c2cnc(OCF)c(C)c2)n1. The van der Waals surface area contributed by atoms with E-state index in [1.807, 2.05) is 0 Å². The van der Waals surface area contributed by atoms with E-state index in [1.165, 1.54) is 25.4 Å². The first-order chi connectivity index (χ1) is 11.9. The van der Waals surface area contributed by atoms with Gasteiger partial charge in [0.2, 0.25) is 24.6 Å². The van der Waals surface area contributed by atoms with Gasteiger partial charge in [-0.2, -0.15) is 0 Å². The summed E-state index contributed by atoms with van der Waals surface area (Å²) in [6.45, 7) is 3.88. The van der Waals surface area contributed by atoms with Gasteiger partial charge in [0.05, 0.1) is 6.04 Å². The fraction of sp³-hybridized carbons (Fsp3) is 0.312. The number of alkyl halides is 1. The molecule has 0 aliphatic rings. The molecule has 2 amide bonds. The first-order valence-corrected chi connectivity index (χ1v) is 7.47. The topological polar surface area (TPSA) is 106 Å². The van der Waals surface area contributed by atoms with Gasteiger partial charge in [-0.3, -0.25) is 14.9 Å². The molecular weight excluding hydrogens is 329 g/mol. The zero-order valence-electron chi connectivity index (χ0n) is 14.0. The van der Waals surface area contributed by atoms with Crippen molar-refractivity contribution in [2.45, 2.75) is 26.8 Å². The largest absolute Gasteiger partial charge is 0.446 e. The first kappa shape index (κ1) is 18.2. The fourth-order valence-electron chi connectivity index (χ4n) is 2.08. The molecule has 0 aliphatic heterocycles. The summed E-state index contributed by atoms with van der Waals surface area (Å²) in [5.74, 6) is -0.495. The molecule has 0 aliphatic carbocycles. The van der Waals surface area contributed by atoms with Crippen molar-refractivity contribution in [2.24, 2.45) is 0 Å². The van der Waals surface area contributed by atoms with Gasteiger partial charge in [-0.25, -0.2) is 19.3 Å². The highest BCUT2D eigenvalue weighted by Crippen LogP contribution is 2.20. The zero-order chi connectivity index (χ0) is 18.4. The molecule has 2 N–H and O–H groups in total. The van der Waals surface area contributed by atoms with E-state index in [0.29, 0.717) is 5.56 Å². The maximum absolute atomic E-state index is 12.3. The number of carbonyl (C=O) groups excluding carboxylic acids is 2. The van der Waals surface area contributed by atoms with Crippen molar-refractivity contribution < 1.29 is 18.7 Å². The number of hydrogen-bond donors (Lipinski definition) is 2. The van der Waals surface area contributed by atoms with Gasteiger partial charge >= 0.3 is 0 Å². The number of nitrogens with one attached hydrogen (secondary N) is 2. The number of ether oxygens (including phenoxy) is 1. The van der Waals surface area contributed by atoms with Crippen LogP contribution in [-0.4, -0.2) is 33.6 Å². The van der Waals surface area contributed by atoms with Crippen molar-refractivity contribution in [2.75, 3.05) is 12.2 Å². The summed E-state index contributed by atoms with van der Waals surface area (Å²) in [7, 11) is 0. The Labute approximate surface area is 143 Å². The number of hydrogen-bond acceptors (Lipinski definition) is 6. The van der Waals surface area contributed by atoms with Gasteiger partial charge in [-0.1, -0.05) is 0 Å². The predicted octanol–water partition coefficient (Wildman–Crippen LogP) is 1.94. The van der Waals surface area contributed by atoms with E-state index in [-0.39, 0.29) is 29.5 Å². The van der Waals surface area contributed by atoms with Gasteiger partial charge in [0.25, 0.3) is 5.91 Å². The van der Waals surface area contributed by atoms with Crippen LogP contribution in [-0.2, 0) is 4.79 Å². The highest BCUT2D eigenvalue weighted by molar-refractivity contribution is 5.93. The molecule has 8 nitrogen and oxygen atoms in total. The van der Waals surface area contributed by atoms with Gasteiger partial charge in [-0.05, 0) is 31.5 Å². The number of nitrogens with zero attached hydrogens (tertiary/aromatic N) is 3. The second-order valence-corrected chi connectivity index (χ2v) is 5.29. The number of halogens is 1. The number of aromatic nitrogens is 3. The van der Waals surface area contributed by atoms with Crippen molar-refractivity contribution in [3.8, 4) is 5.88 Å². The Balaban J connectivity index is 2.09. The van der Waals surface area contributed by atoms with Crippen LogP contribution >= 0.6 is 0 Å². The Morgan fingerprint density at radius 3 is 2.76 bits per heavy atom. The van der Waals surface area contributed by atoms with Crippen molar-refractivity contribution in [3.05, 3.63) is 41.3 Å². The number of carbonyl (C=O) groups is 2. The molecule has 0 aromatic carbocycles. The molecule has 2 aromatic rings. The Kier molecular flexibility index (Phi) is 5.93. The van der Waals surface area contributed by atoms with E-state index < -0.39 is 12.8 Å². The van der Waals surface area contributed by atoms with Crippen LogP contribution in [0.3, 0.4) is 0 Å². The average Bonchev–Trinajstić information content (AvgIpc) is 2.56. The summed E-state index contributed by atoms with van der Waals surface area (Å²) in [6, 6.07) is 2.83. The maximum atomic E-state index is 12.3. The van der Waals surface area contributed by atoms with Gasteiger partial charge in [-0.15, -0.1) is 0 Å². The van der Waals surface area contributed by atoms with E-state index in [0.717, 1.165) is 5.56 Å². The van der Waals surface area contributed by atoms with E-state index in [4.69, 9.17) is 4.74 Å². The molecule has 132 valence electrons. The summed E-state index contributed by atoms with van der Waals surface area (Å²) < 4.78 is 17.0. The average molecular weight is 347 g/mol. The highest BCUT2D eigenvalue weighted by atomic mass is 19.1. The lowest BCUT2D eigenvalue weighted by molar-refractivity contribution is -0.114. The van der Waals surface area contributed by atoms with Crippen LogP contribution in [0.5, 0.6) is 5.88 Å². The van der Waals surface area contributed by atoms with E-state index in [2.05, 4.69) is 25.6 Å². The van der Waals surface area contributed by atoms with Crippen LogP contribution in [0.4, 0.5) is 10.3 Å². The maximum Gasteiger partial charge on any atom is 0.270 e. The quantitative estimate of drug-likeness (QED) is 0.827. The van der Waals surface area contributed by atoms with Crippen LogP contribution in [0.15, 0.2) is 24.5 Å². The first-order valence-electron chi connectivity index (χ1n) is 7.47. The molecule has 2 rings (SSSR count). The molecule has 0 saturated heterocycles. The summed E-state index contributed by atoms with van der Waals surface area (Å²) in [5.41, 5.74) is 1.51. The van der Waals surface area contributed by atoms with Crippen LogP contribution in [0.2, 0.25) is 0 Å². The van der Waals surface area contributed by atoms with Crippen molar-refractivity contribution in [1.82, 2.24) is 20.3 Å². The van der Waals surface area contributed by atoms with Crippen molar-refractivity contribution >= 4 is 17.8 Å². The van der Waals surface area contributed by atoms with Crippen molar-refractivity contribution in [3.63, 3.8) is 0 Å². The minimum absolute atomic E-state index is 0.0537. The molecule has 0 saturated carbocycles. The molecule has 0 bridgehead atoms. The number of anilines is 1. The molecule has 2 aromatic heterocycles. The number of rotatable bonds is 6. The molecule has 0 spiro atoms. The van der Waals surface area contributed by atoms with Crippen LogP contribution < -0.4 is 15.4 Å². The van der Waals surface area contributed by atoms with E-state index in [1.54, 1.807) is 19.9 Å². The minimum atomic E-state index is -0.955. The Morgan fingerprint density at radius 2 is 2.12 bits per heavy atom. The van der Waals surface area contributed by atoms with Gasteiger partial charge < -0.3 is 10.1 Å².